The van der Waals surface area contributed by atoms with Gasteiger partial charge in [0.2, 0.25) is 6.79 Å². The Morgan fingerprint density at radius 1 is 1.21 bits per heavy atom. The number of fused-ring (bicyclic) bond motifs is 1. The third-order valence-corrected chi connectivity index (χ3v) is 4.33. The van der Waals surface area contributed by atoms with Gasteiger partial charge in [0.1, 0.15) is 18.2 Å². The number of halogens is 1. The van der Waals surface area contributed by atoms with Crippen LogP contribution in [0.25, 0.3) is 5.69 Å². The summed E-state index contributed by atoms with van der Waals surface area (Å²) in [6.07, 6.45) is 1.49. The number of nitrogens with zero attached hydrogens (tertiary/aromatic N) is 2. The Bertz CT molecular complexity index is 1000. The molecule has 4 rings (SSSR count). The van der Waals surface area contributed by atoms with Crippen LogP contribution in [-0.4, -0.2) is 35.6 Å². The number of hydrogen-bond acceptors (Lipinski definition) is 5. The number of rotatable bonds is 6. The van der Waals surface area contributed by atoms with Crippen LogP contribution in [0.15, 0.2) is 48.7 Å². The quantitative estimate of drug-likeness (QED) is 0.663. The fourth-order valence-electron chi connectivity index (χ4n) is 2.87. The highest BCUT2D eigenvalue weighted by atomic mass is 19.1. The fourth-order valence-corrected chi connectivity index (χ4v) is 2.87. The molecule has 0 radical (unpaired) electrons. The fraction of sp³-hybridized carbons (Fsp3) is 0.200. The Morgan fingerprint density at radius 3 is 2.82 bits per heavy atom. The van der Waals surface area contributed by atoms with E-state index in [9.17, 15) is 9.18 Å². The van der Waals surface area contributed by atoms with Gasteiger partial charge in [0, 0.05) is 6.07 Å². The second-order valence-electron chi connectivity index (χ2n) is 6.15. The van der Waals surface area contributed by atoms with E-state index in [0.29, 0.717) is 47.3 Å². The number of ether oxygens (including phenoxy) is 3. The predicted octanol–water partition coefficient (Wildman–Crippen LogP) is 2.86. The van der Waals surface area contributed by atoms with Gasteiger partial charge in [-0.05, 0) is 43.3 Å². The first-order valence-electron chi connectivity index (χ1n) is 8.73. The van der Waals surface area contributed by atoms with Gasteiger partial charge in [0.25, 0.3) is 5.91 Å². The molecule has 0 aliphatic carbocycles. The van der Waals surface area contributed by atoms with Gasteiger partial charge in [-0.25, -0.2) is 9.07 Å². The summed E-state index contributed by atoms with van der Waals surface area (Å²) in [5.41, 5.74) is 1.80. The zero-order chi connectivity index (χ0) is 19.5. The van der Waals surface area contributed by atoms with Gasteiger partial charge in [0.05, 0.1) is 29.7 Å². The largest absolute Gasteiger partial charge is 0.492 e. The highest BCUT2D eigenvalue weighted by molar-refractivity contribution is 5.95. The molecular formula is C20H18FN3O4. The molecule has 144 valence electrons. The van der Waals surface area contributed by atoms with E-state index in [-0.39, 0.29) is 18.5 Å². The molecule has 0 saturated heterocycles. The van der Waals surface area contributed by atoms with E-state index in [0.717, 1.165) is 0 Å². The number of amides is 1. The van der Waals surface area contributed by atoms with Gasteiger partial charge in [0.15, 0.2) is 11.5 Å². The monoisotopic (exact) mass is 383 g/mol. The van der Waals surface area contributed by atoms with Crippen molar-refractivity contribution < 1.29 is 23.4 Å². The molecule has 1 N–H and O–H groups in total. The molecule has 0 fully saturated rings. The van der Waals surface area contributed by atoms with Crippen molar-refractivity contribution in [2.75, 3.05) is 19.9 Å². The van der Waals surface area contributed by atoms with E-state index in [1.807, 2.05) is 0 Å². The minimum atomic E-state index is -0.325. The number of carbonyl (C=O) groups excluding carboxylic acids is 1. The summed E-state index contributed by atoms with van der Waals surface area (Å²) in [6.45, 7) is 2.62. The summed E-state index contributed by atoms with van der Waals surface area (Å²) in [7, 11) is 0. The van der Waals surface area contributed by atoms with Gasteiger partial charge < -0.3 is 19.5 Å². The van der Waals surface area contributed by atoms with E-state index < -0.39 is 0 Å². The molecule has 2 heterocycles. The maximum absolute atomic E-state index is 13.1. The summed E-state index contributed by atoms with van der Waals surface area (Å²) in [5.74, 6) is 1.40. The smallest absolute Gasteiger partial charge is 0.254 e. The van der Waals surface area contributed by atoms with Crippen LogP contribution < -0.4 is 19.5 Å². The Balaban J connectivity index is 1.32. The second kappa shape index (κ2) is 7.59. The summed E-state index contributed by atoms with van der Waals surface area (Å²) >= 11 is 0. The van der Waals surface area contributed by atoms with E-state index in [1.165, 1.54) is 18.3 Å². The first kappa shape index (κ1) is 17.8. The van der Waals surface area contributed by atoms with Crippen LogP contribution in [0.3, 0.4) is 0 Å². The Labute approximate surface area is 160 Å². The predicted molar refractivity (Wildman–Crippen MR) is 98.7 cm³/mol. The minimum Gasteiger partial charge on any atom is -0.492 e. The molecule has 0 saturated carbocycles. The van der Waals surface area contributed by atoms with E-state index in [1.54, 1.807) is 41.9 Å². The van der Waals surface area contributed by atoms with Crippen molar-refractivity contribution in [3.05, 3.63) is 65.7 Å². The van der Waals surface area contributed by atoms with Crippen molar-refractivity contribution in [3.8, 4) is 22.9 Å². The van der Waals surface area contributed by atoms with Crippen LogP contribution in [0, 0.1) is 12.7 Å². The van der Waals surface area contributed by atoms with Crippen LogP contribution in [0.2, 0.25) is 0 Å². The average Bonchev–Trinajstić information content (AvgIpc) is 3.32. The number of aromatic nitrogens is 2. The summed E-state index contributed by atoms with van der Waals surface area (Å²) in [5, 5.41) is 7.03. The van der Waals surface area contributed by atoms with Gasteiger partial charge in [-0.15, -0.1) is 0 Å². The van der Waals surface area contributed by atoms with Crippen LogP contribution >= 0.6 is 0 Å². The summed E-state index contributed by atoms with van der Waals surface area (Å²) in [4.78, 5) is 12.4. The molecule has 3 aromatic rings. The van der Waals surface area contributed by atoms with E-state index >= 15 is 0 Å². The second-order valence-corrected chi connectivity index (χ2v) is 6.15. The molecular weight excluding hydrogens is 365 g/mol. The van der Waals surface area contributed by atoms with Crippen LogP contribution in [0.5, 0.6) is 17.2 Å². The third-order valence-electron chi connectivity index (χ3n) is 4.33. The van der Waals surface area contributed by atoms with Crippen molar-refractivity contribution in [2.24, 2.45) is 0 Å². The minimum absolute atomic E-state index is 0.208. The highest BCUT2D eigenvalue weighted by Crippen LogP contribution is 2.34. The van der Waals surface area contributed by atoms with Crippen molar-refractivity contribution in [1.82, 2.24) is 15.1 Å². The first-order chi connectivity index (χ1) is 13.6. The van der Waals surface area contributed by atoms with E-state index in [4.69, 9.17) is 14.2 Å². The molecule has 7 nitrogen and oxygen atoms in total. The Morgan fingerprint density at radius 2 is 2.00 bits per heavy atom. The summed E-state index contributed by atoms with van der Waals surface area (Å²) in [6, 6.07) is 11.2. The van der Waals surface area contributed by atoms with Gasteiger partial charge in [-0.3, -0.25) is 4.79 Å². The number of nitrogens with one attached hydrogen (secondary N) is 1. The molecule has 0 bridgehead atoms. The number of benzene rings is 2. The van der Waals surface area contributed by atoms with Gasteiger partial charge in [-0.2, -0.15) is 5.10 Å². The highest BCUT2D eigenvalue weighted by Gasteiger charge is 2.16. The van der Waals surface area contributed by atoms with Crippen LogP contribution in [-0.2, 0) is 0 Å². The molecule has 0 unspecified atom stereocenters. The lowest BCUT2D eigenvalue weighted by Gasteiger charge is -2.09. The lowest BCUT2D eigenvalue weighted by Crippen LogP contribution is -2.28. The topological polar surface area (TPSA) is 74.6 Å². The number of hydrogen-bond donors (Lipinski definition) is 1. The Hall–Kier alpha value is -3.55. The van der Waals surface area contributed by atoms with Crippen LogP contribution in [0.1, 0.15) is 16.1 Å². The lowest BCUT2D eigenvalue weighted by molar-refractivity contribution is 0.0946. The first-order valence-corrected chi connectivity index (χ1v) is 8.73. The van der Waals surface area contributed by atoms with Crippen molar-refractivity contribution in [3.63, 3.8) is 0 Å². The molecule has 2 aromatic carbocycles. The molecule has 0 atom stereocenters. The van der Waals surface area contributed by atoms with Gasteiger partial charge >= 0.3 is 0 Å². The van der Waals surface area contributed by atoms with Crippen molar-refractivity contribution >= 4 is 5.91 Å². The maximum atomic E-state index is 13.1. The molecule has 0 spiro atoms. The summed E-state index contributed by atoms with van der Waals surface area (Å²) < 4.78 is 30.8. The zero-order valence-corrected chi connectivity index (χ0v) is 15.1. The molecule has 1 amide bonds. The van der Waals surface area contributed by atoms with Crippen molar-refractivity contribution in [2.45, 2.75) is 6.92 Å². The maximum Gasteiger partial charge on any atom is 0.254 e. The van der Waals surface area contributed by atoms with Crippen LogP contribution in [0.4, 0.5) is 4.39 Å². The molecule has 1 aliphatic rings. The standard InChI is InChI=1S/C20H18FN3O4/c1-13-17(11-23-24(13)15-4-2-14(21)3-5-15)20(25)22-8-9-26-16-6-7-18-19(10-16)28-12-27-18/h2-7,10-11H,8-9,12H2,1H3,(H,22,25). The Kier molecular flexibility index (Phi) is 4.84. The molecule has 28 heavy (non-hydrogen) atoms. The number of carbonyl (C=O) groups is 1. The third kappa shape index (κ3) is 3.62. The zero-order valence-electron chi connectivity index (χ0n) is 15.1. The average molecular weight is 383 g/mol. The van der Waals surface area contributed by atoms with Gasteiger partial charge in [-0.1, -0.05) is 0 Å². The SMILES string of the molecule is Cc1c(C(=O)NCCOc2ccc3c(c2)OCO3)cnn1-c1ccc(F)cc1. The van der Waals surface area contributed by atoms with Crippen molar-refractivity contribution in [1.29, 1.82) is 0 Å². The lowest BCUT2D eigenvalue weighted by atomic mass is 10.2. The van der Waals surface area contributed by atoms with E-state index in [2.05, 4.69) is 10.4 Å². The normalized spacial score (nSPS) is 12.1. The molecule has 1 aliphatic heterocycles. The molecule has 1 aromatic heterocycles. The molecule has 8 heteroatoms.